The molecule has 0 aliphatic carbocycles. The number of aliphatic carboxylic acids is 1. The van der Waals surface area contributed by atoms with Crippen molar-refractivity contribution in [3.8, 4) is 0 Å². The van der Waals surface area contributed by atoms with E-state index in [-0.39, 0.29) is 31.5 Å². The van der Waals surface area contributed by atoms with E-state index >= 15 is 0 Å². The Labute approximate surface area is 124 Å². The van der Waals surface area contributed by atoms with E-state index in [1.165, 1.54) is 0 Å². The van der Waals surface area contributed by atoms with Crippen molar-refractivity contribution in [2.75, 3.05) is 26.4 Å². The third-order valence-electron chi connectivity index (χ3n) is 4.45. The minimum atomic E-state index is -1.23. The van der Waals surface area contributed by atoms with Gasteiger partial charge >= 0.3 is 12.0 Å². The highest BCUT2D eigenvalue weighted by Gasteiger charge is 2.43. The Kier molecular flexibility index (Phi) is 5.41. The van der Waals surface area contributed by atoms with Crippen LogP contribution >= 0.6 is 0 Å². The van der Waals surface area contributed by atoms with E-state index < -0.39 is 11.5 Å². The van der Waals surface area contributed by atoms with Crippen molar-refractivity contribution in [3.05, 3.63) is 0 Å². The molecule has 7 heteroatoms. The highest BCUT2D eigenvalue weighted by molar-refractivity contribution is 5.86. The predicted octanol–water partition coefficient (Wildman–Crippen LogP) is 0.567. The predicted molar refractivity (Wildman–Crippen MR) is 75.0 cm³/mol. The van der Waals surface area contributed by atoms with Crippen LogP contribution in [-0.4, -0.2) is 65.1 Å². The van der Waals surface area contributed by atoms with Crippen LogP contribution in [0.2, 0.25) is 0 Å². The smallest absolute Gasteiger partial charge is 0.329 e. The number of likely N-dealkylation sites (tertiary alicyclic amines) is 1. The van der Waals surface area contributed by atoms with Crippen molar-refractivity contribution < 1.29 is 24.5 Å². The van der Waals surface area contributed by atoms with Gasteiger partial charge in [-0.05, 0) is 25.7 Å². The molecule has 2 heterocycles. The van der Waals surface area contributed by atoms with Crippen LogP contribution in [0, 0.1) is 0 Å². The fraction of sp³-hybridized carbons (Fsp3) is 0.857. The van der Waals surface area contributed by atoms with Crippen LogP contribution in [-0.2, 0) is 9.53 Å². The van der Waals surface area contributed by atoms with Gasteiger partial charge < -0.3 is 25.2 Å². The quantitative estimate of drug-likeness (QED) is 0.705. The van der Waals surface area contributed by atoms with Crippen molar-refractivity contribution in [1.82, 2.24) is 10.2 Å². The summed E-state index contributed by atoms with van der Waals surface area (Å²) >= 11 is 0. The molecule has 120 valence electrons. The molecule has 7 nitrogen and oxygen atoms in total. The lowest BCUT2D eigenvalue weighted by molar-refractivity contribution is -0.148. The molecule has 0 spiro atoms. The van der Waals surface area contributed by atoms with Crippen LogP contribution in [0.5, 0.6) is 0 Å². The number of amides is 2. The Morgan fingerprint density at radius 3 is 2.62 bits per heavy atom. The van der Waals surface area contributed by atoms with Gasteiger partial charge in [-0.2, -0.15) is 0 Å². The number of nitrogens with one attached hydrogen (secondary N) is 1. The number of carboxylic acids is 1. The minimum absolute atomic E-state index is 0.00515. The van der Waals surface area contributed by atoms with Crippen molar-refractivity contribution >= 4 is 12.0 Å². The van der Waals surface area contributed by atoms with Crippen molar-refractivity contribution in [2.24, 2.45) is 0 Å². The second kappa shape index (κ2) is 7.09. The molecule has 0 aromatic carbocycles. The Balaban J connectivity index is 2.05. The second-order valence-corrected chi connectivity index (χ2v) is 5.79. The molecule has 1 atom stereocenters. The zero-order valence-corrected chi connectivity index (χ0v) is 12.2. The van der Waals surface area contributed by atoms with E-state index in [0.29, 0.717) is 26.2 Å². The van der Waals surface area contributed by atoms with Gasteiger partial charge in [-0.15, -0.1) is 0 Å². The molecule has 2 saturated heterocycles. The number of urea groups is 1. The summed E-state index contributed by atoms with van der Waals surface area (Å²) < 4.78 is 5.20. The molecule has 0 bridgehead atoms. The van der Waals surface area contributed by atoms with Crippen molar-refractivity contribution in [2.45, 2.75) is 50.1 Å². The number of ether oxygens (including phenoxy) is 1. The van der Waals surface area contributed by atoms with Gasteiger partial charge in [0.1, 0.15) is 5.54 Å². The molecule has 0 radical (unpaired) electrons. The minimum Gasteiger partial charge on any atom is -0.480 e. The Bertz CT molecular complexity index is 380. The molecule has 2 rings (SSSR count). The molecule has 0 saturated carbocycles. The van der Waals surface area contributed by atoms with Crippen LogP contribution in [0.25, 0.3) is 0 Å². The number of carboxylic acid groups (broad SMARTS) is 1. The summed E-state index contributed by atoms with van der Waals surface area (Å²) in [5.74, 6) is -1.00. The van der Waals surface area contributed by atoms with Gasteiger partial charge in [-0.25, -0.2) is 9.59 Å². The van der Waals surface area contributed by atoms with Crippen molar-refractivity contribution in [3.63, 3.8) is 0 Å². The Hall–Kier alpha value is -1.34. The summed E-state index contributed by atoms with van der Waals surface area (Å²) in [4.78, 5) is 25.7. The van der Waals surface area contributed by atoms with Crippen LogP contribution in [0.4, 0.5) is 4.79 Å². The van der Waals surface area contributed by atoms with Gasteiger partial charge in [0.05, 0.1) is 0 Å². The summed E-state index contributed by atoms with van der Waals surface area (Å²) in [6.07, 6.45) is 3.91. The largest absolute Gasteiger partial charge is 0.480 e. The first-order valence-electron chi connectivity index (χ1n) is 7.60. The third kappa shape index (κ3) is 3.65. The van der Waals surface area contributed by atoms with E-state index in [2.05, 4.69) is 5.32 Å². The standard InChI is InChI=1S/C14H24N2O5/c17-8-4-11-3-1-2-7-16(11)13(20)15-14(12(18)19)5-9-21-10-6-14/h11,17H,1-10H2,(H,15,20)(H,18,19). The van der Waals surface area contributed by atoms with E-state index in [1.807, 2.05) is 0 Å². The van der Waals surface area contributed by atoms with E-state index in [9.17, 15) is 14.7 Å². The number of rotatable bonds is 4. The van der Waals surface area contributed by atoms with E-state index in [0.717, 1.165) is 19.3 Å². The number of carbonyl (C=O) groups is 2. The van der Waals surface area contributed by atoms with Gasteiger partial charge in [0.2, 0.25) is 0 Å². The zero-order valence-electron chi connectivity index (χ0n) is 12.2. The lowest BCUT2D eigenvalue weighted by atomic mass is 9.90. The lowest BCUT2D eigenvalue weighted by Gasteiger charge is -2.40. The molecule has 0 aromatic rings. The molecule has 2 aliphatic heterocycles. The van der Waals surface area contributed by atoms with E-state index in [4.69, 9.17) is 9.84 Å². The molecule has 0 aromatic heterocycles. The third-order valence-corrected chi connectivity index (χ3v) is 4.45. The molecule has 3 N–H and O–H groups in total. The van der Waals surface area contributed by atoms with Gasteiger partial charge in [0, 0.05) is 45.2 Å². The summed E-state index contributed by atoms with van der Waals surface area (Å²) in [5.41, 5.74) is -1.23. The number of hydrogen-bond acceptors (Lipinski definition) is 4. The number of piperidine rings is 1. The van der Waals surface area contributed by atoms with Gasteiger partial charge in [0.25, 0.3) is 0 Å². The van der Waals surface area contributed by atoms with Crippen LogP contribution in [0.15, 0.2) is 0 Å². The maximum absolute atomic E-state index is 12.5. The van der Waals surface area contributed by atoms with Gasteiger partial charge in [-0.3, -0.25) is 0 Å². The number of nitrogens with zero attached hydrogens (tertiary/aromatic N) is 1. The first-order chi connectivity index (χ1) is 10.1. The van der Waals surface area contributed by atoms with Gasteiger partial charge in [-0.1, -0.05) is 0 Å². The topological polar surface area (TPSA) is 99.1 Å². The van der Waals surface area contributed by atoms with E-state index in [1.54, 1.807) is 4.90 Å². The lowest BCUT2D eigenvalue weighted by Crippen LogP contribution is -2.62. The molecular formula is C14H24N2O5. The summed E-state index contributed by atoms with van der Waals surface area (Å²) in [6.45, 7) is 1.33. The SMILES string of the molecule is O=C(NC1(C(=O)O)CCOCC1)N1CCCCC1CCO. The fourth-order valence-electron chi connectivity index (χ4n) is 3.11. The second-order valence-electron chi connectivity index (χ2n) is 5.79. The first kappa shape index (κ1) is 16.0. The fourth-order valence-corrected chi connectivity index (χ4v) is 3.11. The maximum Gasteiger partial charge on any atom is 0.329 e. The molecular weight excluding hydrogens is 276 g/mol. The monoisotopic (exact) mass is 300 g/mol. The molecule has 2 fully saturated rings. The number of aliphatic hydroxyl groups excluding tert-OH is 1. The Morgan fingerprint density at radius 2 is 2.00 bits per heavy atom. The summed E-state index contributed by atoms with van der Waals surface area (Å²) in [7, 11) is 0. The number of aliphatic hydroxyl groups is 1. The molecule has 21 heavy (non-hydrogen) atoms. The normalized spacial score (nSPS) is 25.4. The molecule has 2 aliphatic rings. The van der Waals surface area contributed by atoms with Gasteiger partial charge in [0.15, 0.2) is 0 Å². The first-order valence-corrected chi connectivity index (χ1v) is 7.60. The highest BCUT2D eigenvalue weighted by atomic mass is 16.5. The highest BCUT2D eigenvalue weighted by Crippen LogP contribution is 2.24. The Morgan fingerprint density at radius 1 is 1.29 bits per heavy atom. The molecule has 2 amide bonds. The zero-order chi connectivity index (χ0) is 15.3. The average Bonchev–Trinajstić information content (AvgIpc) is 2.49. The summed E-state index contributed by atoms with van der Waals surface area (Å²) in [6, 6.07) is -0.341. The maximum atomic E-state index is 12.5. The number of carbonyl (C=O) groups excluding carboxylic acids is 1. The van der Waals surface area contributed by atoms with Crippen LogP contribution in [0.1, 0.15) is 38.5 Å². The average molecular weight is 300 g/mol. The number of hydrogen-bond donors (Lipinski definition) is 3. The van der Waals surface area contributed by atoms with Crippen LogP contribution in [0.3, 0.4) is 0 Å². The summed E-state index contributed by atoms with van der Waals surface area (Å²) in [5, 5.41) is 21.3. The molecule has 1 unspecified atom stereocenters. The van der Waals surface area contributed by atoms with Crippen molar-refractivity contribution in [1.29, 1.82) is 0 Å². The van der Waals surface area contributed by atoms with Crippen LogP contribution < -0.4 is 5.32 Å².